The first-order chi connectivity index (χ1) is 22.5. The summed E-state index contributed by atoms with van der Waals surface area (Å²) in [4.78, 5) is 34.2. The van der Waals surface area contributed by atoms with E-state index in [0.717, 1.165) is 61.8 Å². The molecule has 0 spiro atoms. The van der Waals surface area contributed by atoms with Gasteiger partial charge in [0.1, 0.15) is 29.6 Å². The van der Waals surface area contributed by atoms with Crippen molar-refractivity contribution in [2.24, 2.45) is 0 Å². The molecule has 10 nitrogen and oxygen atoms in total. The molecule has 5 aliphatic rings. The second kappa shape index (κ2) is 11.3. The fraction of sp³-hybridized carbons (Fsp3) is 0.600. The minimum absolute atomic E-state index is 0.0151. The molecule has 2 bridgehead atoms. The van der Waals surface area contributed by atoms with Gasteiger partial charge in [-0.05, 0) is 101 Å². The Labute approximate surface area is 279 Å². The van der Waals surface area contributed by atoms with Gasteiger partial charge in [0, 0.05) is 42.8 Å². The third-order valence-corrected chi connectivity index (χ3v) is 10.8. The second-order valence-corrected chi connectivity index (χ2v) is 15.5. The van der Waals surface area contributed by atoms with E-state index < -0.39 is 11.8 Å². The number of aromatic hydroxyl groups is 1. The molecule has 4 saturated heterocycles. The molecule has 1 aromatic carbocycles. The number of hydrogen-bond donors (Lipinski definition) is 1. The van der Waals surface area contributed by atoms with Gasteiger partial charge in [-0.1, -0.05) is 11.6 Å². The van der Waals surface area contributed by atoms with Gasteiger partial charge in [0.05, 0.1) is 23.1 Å². The molecule has 8 rings (SSSR count). The van der Waals surface area contributed by atoms with Crippen LogP contribution in [0.1, 0.15) is 77.2 Å². The monoisotopic (exact) mass is 664 g/mol. The Bertz CT molecular complexity index is 1720. The van der Waals surface area contributed by atoms with Gasteiger partial charge < -0.3 is 19.5 Å². The Hall–Kier alpha value is -3.44. The molecule has 1 aliphatic carbocycles. The van der Waals surface area contributed by atoms with Crippen LogP contribution in [0.4, 0.5) is 15.0 Å². The number of rotatable bonds is 6. The number of carbonyl (C=O) groups is 1. The number of benzene rings is 1. The van der Waals surface area contributed by atoms with E-state index in [1.807, 2.05) is 31.7 Å². The predicted molar refractivity (Wildman–Crippen MR) is 177 cm³/mol. The van der Waals surface area contributed by atoms with E-state index >= 15 is 0 Å². The zero-order valence-electron chi connectivity index (χ0n) is 27.2. The van der Waals surface area contributed by atoms with Gasteiger partial charge in [0.25, 0.3) is 0 Å². The Kier molecular flexibility index (Phi) is 7.44. The van der Waals surface area contributed by atoms with E-state index in [1.54, 1.807) is 18.3 Å². The van der Waals surface area contributed by atoms with Gasteiger partial charge in [-0.3, -0.25) is 14.8 Å². The molecule has 2 aromatic heterocycles. The third-order valence-electron chi connectivity index (χ3n) is 10.5. The molecule has 2 unspecified atom stereocenters. The van der Waals surface area contributed by atoms with Crippen molar-refractivity contribution < 1.29 is 23.8 Å². The van der Waals surface area contributed by atoms with Gasteiger partial charge >= 0.3 is 12.1 Å². The summed E-state index contributed by atoms with van der Waals surface area (Å²) >= 11 is 6.65. The number of fused-ring (bicyclic) bond motifs is 4. The summed E-state index contributed by atoms with van der Waals surface area (Å²) in [5.41, 5.74) is 3.01. The fourth-order valence-electron chi connectivity index (χ4n) is 8.38. The number of amides is 1. The summed E-state index contributed by atoms with van der Waals surface area (Å²) in [5.74, 6) is 1.11. The molecule has 1 saturated carbocycles. The fourth-order valence-corrected chi connectivity index (χ4v) is 8.75. The molecule has 3 aromatic rings. The minimum atomic E-state index is -0.856. The Morgan fingerprint density at radius 1 is 1.11 bits per heavy atom. The van der Waals surface area contributed by atoms with Crippen LogP contribution in [0, 0.1) is 0 Å². The van der Waals surface area contributed by atoms with Crippen molar-refractivity contribution in [2.45, 2.75) is 101 Å². The number of phenolic OH excluding ortho intramolecular Hbond substituents is 1. The molecule has 1 N–H and O–H groups in total. The largest absolute Gasteiger partial charge is 0.508 e. The molecule has 47 heavy (non-hydrogen) atoms. The first kappa shape index (κ1) is 30.9. The first-order valence-electron chi connectivity index (χ1n) is 17.0. The highest BCUT2D eigenvalue weighted by Gasteiger charge is 2.50. The number of halogens is 2. The average molecular weight is 665 g/mol. The molecule has 12 heteroatoms. The Balaban J connectivity index is 1.16. The van der Waals surface area contributed by atoms with Crippen molar-refractivity contribution in [3.8, 4) is 22.9 Å². The average Bonchev–Trinajstić information content (AvgIpc) is 3.61. The van der Waals surface area contributed by atoms with Crippen LogP contribution in [0.3, 0.4) is 0 Å². The molecular formula is C35H42ClFN6O4. The number of phenols is 1. The lowest BCUT2D eigenvalue weighted by molar-refractivity contribution is 0.0122. The number of piperazine rings is 1. The number of anilines is 1. The van der Waals surface area contributed by atoms with Crippen LogP contribution in [0.2, 0.25) is 5.02 Å². The zero-order valence-corrected chi connectivity index (χ0v) is 28.0. The summed E-state index contributed by atoms with van der Waals surface area (Å²) < 4.78 is 26.7. The lowest BCUT2D eigenvalue weighted by Crippen LogP contribution is -2.57. The molecule has 4 aliphatic heterocycles. The van der Waals surface area contributed by atoms with Crippen molar-refractivity contribution in [1.29, 1.82) is 0 Å². The van der Waals surface area contributed by atoms with Crippen LogP contribution in [0.15, 0.2) is 24.4 Å². The quantitative estimate of drug-likeness (QED) is 0.317. The Morgan fingerprint density at radius 2 is 1.87 bits per heavy atom. The minimum Gasteiger partial charge on any atom is -0.508 e. The molecule has 6 heterocycles. The number of ether oxygens (including phenoxy) is 2. The summed E-state index contributed by atoms with van der Waals surface area (Å²) in [7, 11) is 0. The number of hydrogen-bond acceptors (Lipinski definition) is 9. The van der Waals surface area contributed by atoms with Crippen LogP contribution in [-0.2, 0) is 4.74 Å². The van der Waals surface area contributed by atoms with Gasteiger partial charge in [-0.15, -0.1) is 0 Å². The van der Waals surface area contributed by atoms with E-state index in [-0.39, 0.29) is 35.5 Å². The number of aromatic nitrogens is 3. The maximum Gasteiger partial charge on any atom is 0.410 e. The molecule has 250 valence electrons. The number of carbonyl (C=O) groups excluding carboxylic acids is 1. The molecule has 0 radical (unpaired) electrons. The highest BCUT2D eigenvalue weighted by Crippen LogP contribution is 2.49. The molecular weight excluding hydrogens is 623 g/mol. The normalized spacial score (nSPS) is 27.5. The van der Waals surface area contributed by atoms with Crippen molar-refractivity contribution in [3.05, 3.63) is 35.0 Å². The standard InChI is InChI=1S/C35H42ClFN6O4/c1-34(2,3)47-33(45)43-23-7-8-24(43)18-41(17-23)31-30-28(39-32(40-31)46-19-35-9-4-10-42(35)16-22(37)14-35)11-21(15-38-30)26-12-25(44)13-27(36)29(26)20-5-6-20/h11-13,15,20,22-24,44H,4-10,14,16-19H2,1-3H3/t22-,23?,24?,35+/m1/s1. The lowest BCUT2D eigenvalue weighted by atomic mass is 9.95. The van der Waals surface area contributed by atoms with Crippen molar-refractivity contribution in [1.82, 2.24) is 24.8 Å². The van der Waals surface area contributed by atoms with Crippen LogP contribution >= 0.6 is 11.6 Å². The summed E-state index contributed by atoms with van der Waals surface area (Å²) in [6, 6.07) is 5.51. The highest BCUT2D eigenvalue weighted by atomic mass is 35.5. The smallest absolute Gasteiger partial charge is 0.410 e. The summed E-state index contributed by atoms with van der Waals surface area (Å²) in [5, 5.41) is 11.0. The topological polar surface area (TPSA) is 104 Å². The maximum absolute atomic E-state index is 14.5. The van der Waals surface area contributed by atoms with E-state index in [4.69, 9.17) is 36.0 Å². The van der Waals surface area contributed by atoms with E-state index in [1.165, 1.54) is 0 Å². The Morgan fingerprint density at radius 3 is 2.60 bits per heavy atom. The van der Waals surface area contributed by atoms with Crippen molar-refractivity contribution >= 4 is 34.5 Å². The van der Waals surface area contributed by atoms with E-state index in [9.17, 15) is 14.3 Å². The summed E-state index contributed by atoms with van der Waals surface area (Å²) in [6.45, 7) is 8.47. The maximum atomic E-state index is 14.5. The predicted octanol–water partition coefficient (Wildman–Crippen LogP) is 6.47. The molecule has 5 fully saturated rings. The van der Waals surface area contributed by atoms with Gasteiger partial charge in [-0.25, -0.2) is 9.18 Å². The van der Waals surface area contributed by atoms with Crippen LogP contribution in [0.25, 0.3) is 22.2 Å². The van der Waals surface area contributed by atoms with Crippen molar-refractivity contribution in [3.63, 3.8) is 0 Å². The highest BCUT2D eigenvalue weighted by molar-refractivity contribution is 6.32. The van der Waals surface area contributed by atoms with Crippen LogP contribution in [0.5, 0.6) is 11.8 Å². The van der Waals surface area contributed by atoms with Crippen molar-refractivity contribution in [2.75, 3.05) is 37.7 Å². The van der Waals surface area contributed by atoms with Gasteiger partial charge in [0.15, 0.2) is 5.82 Å². The number of nitrogens with zero attached hydrogens (tertiary/aromatic N) is 6. The zero-order chi connectivity index (χ0) is 32.7. The van der Waals surface area contributed by atoms with Crippen LogP contribution in [-0.4, -0.2) is 98.1 Å². The van der Waals surface area contributed by atoms with Crippen LogP contribution < -0.4 is 9.64 Å². The number of pyridine rings is 1. The number of alkyl halides is 1. The van der Waals surface area contributed by atoms with E-state index in [2.05, 4.69) is 9.80 Å². The van der Waals surface area contributed by atoms with Gasteiger partial charge in [-0.2, -0.15) is 9.97 Å². The molecule has 1 amide bonds. The first-order valence-corrected chi connectivity index (χ1v) is 17.3. The second-order valence-electron chi connectivity index (χ2n) is 15.1. The lowest BCUT2D eigenvalue weighted by Gasteiger charge is -2.41. The SMILES string of the molecule is CC(C)(C)OC(=O)N1C2CCC1CN(c1nc(OC[C@@]34CCCN3C[C@H](F)C4)nc3cc(-c4cc(O)cc(Cl)c4C4CC4)cnc13)C2. The third kappa shape index (κ3) is 5.73. The van der Waals surface area contributed by atoms with Gasteiger partial charge in [0.2, 0.25) is 0 Å². The van der Waals surface area contributed by atoms with E-state index in [0.29, 0.717) is 60.5 Å². The molecule has 4 atom stereocenters. The summed E-state index contributed by atoms with van der Waals surface area (Å²) in [6.07, 6.45) is 6.91.